The van der Waals surface area contributed by atoms with E-state index in [1.54, 1.807) is 0 Å². The third-order valence-corrected chi connectivity index (χ3v) is 1.01. The zero-order valence-corrected chi connectivity index (χ0v) is 14.0. The molecule has 3 nitrogen and oxygen atoms in total. The minimum atomic E-state index is 0. The van der Waals surface area contributed by atoms with E-state index in [2.05, 4.69) is 27.7 Å². The van der Waals surface area contributed by atoms with Gasteiger partial charge in [-0.3, -0.25) is 10.0 Å². The van der Waals surface area contributed by atoms with Gasteiger partial charge in [-0.2, -0.15) is 5.41 Å². The quantitative estimate of drug-likeness (QED) is 0.228. The van der Waals surface area contributed by atoms with E-state index in [9.17, 15) is 0 Å². The Labute approximate surface area is 132 Å². The number of hydrogen-bond acceptors (Lipinski definition) is 2. The van der Waals surface area contributed by atoms with Crippen LogP contribution in [0.25, 0.3) is 0 Å². The summed E-state index contributed by atoms with van der Waals surface area (Å²) in [5.74, 6) is 0. The van der Waals surface area contributed by atoms with Crippen molar-refractivity contribution in [3.8, 4) is 0 Å². The molecule has 84 valence electrons. The fourth-order valence-corrected chi connectivity index (χ4v) is 0. The molecule has 0 heterocycles. The third kappa shape index (κ3) is 74.1. The van der Waals surface area contributed by atoms with Crippen LogP contribution in [0.3, 0.4) is 0 Å². The number of rotatable bonds is 2. The van der Waals surface area contributed by atoms with E-state index in [4.69, 9.17) is 10.0 Å². The van der Waals surface area contributed by atoms with Crippen LogP contribution in [0.2, 0.25) is 0 Å². The second-order valence-electron chi connectivity index (χ2n) is 2.76. The van der Waals surface area contributed by atoms with Crippen LogP contribution in [-0.4, -0.2) is 11.6 Å². The summed E-state index contributed by atoms with van der Waals surface area (Å²) in [5, 5.41) is 7.26. The molecule has 0 bridgehead atoms. The van der Waals surface area contributed by atoms with Crippen molar-refractivity contribution in [2.45, 2.75) is 41.0 Å². The fourth-order valence-electron chi connectivity index (χ4n) is 0. The third-order valence-electron chi connectivity index (χ3n) is 1.01. The Morgan fingerprint density at radius 2 is 1.57 bits per heavy atom. The molecule has 0 atom stereocenters. The number of amides is 1. The summed E-state index contributed by atoms with van der Waals surface area (Å²) in [7, 11) is 0. The van der Waals surface area contributed by atoms with Gasteiger partial charge < -0.3 is 14.4 Å². The molecule has 0 aliphatic rings. The molecular weight excluding hydrogens is 205 g/mol. The molecule has 0 aromatic heterocycles. The normalized spacial score (nSPS) is 7.07. The Kier molecular flexibility index (Phi) is 49.8. The summed E-state index contributed by atoms with van der Waals surface area (Å²) < 4.78 is 0. The standard InChI is InChI=1S/C6H13.C2H6.CH3NO2.CH3.K/c1-5-6(2,3)4;1-2;3-1-2-4;;/h2,5H2,1,3-4H3;1-2H3;1,4H,(H,2,3);1H3;/q-1;;;-1;+1. The zero-order chi connectivity index (χ0) is 10.6. The minimum Gasteiger partial charge on any atom is -0.358 e. The predicted octanol–water partition coefficient (Wildman–Crippen LogP) is -0.141. The molecule has 0 aromatic carbocycles. The van der Waals surface area contributed by atoms with Crippen LogP contribution in [0.4, 0.5) is 0 Å². The predicted molar refractivity (Wildman–Crippen MR) is 58.2 cm³/mol. The monoisotopic (exact) mass is 230 g/mol. The molecule has 0 aliphatic heterocycles. The van der Waals surface area contributed by atoms with Crippen LogP contribution in [0, 0.1) is 19.8 Å². The van der Waals surface area contributed by atoms with Gasteiger partial charge in [0.25, 0.3) is 0 Å². The maximum absolute atomic E-state index is 8.81. The second kappa shape index (κ2) is 23.7. The van der Waals surface area contributed by atoms with Gasteiger partial charge >= 0.3 is 51.4 Å². The van der Waals surface area contributed by atoms with Gasteiger partial charge in [0.05, 0.1) is 0 Å². The van der Waals surface area contributed by atoms with E-state index in [-0.39, 0.29) is 65.2 Å². The summed E-state index contributed by atoms with van der Waals surface area (Å²) in [4.78, 5) is 8.81. The zero-order valence-electron chi connectivity index (χ0n) is 10.8. The Balaban J connectivity index is -0.0000000302. The molecule has 0 unspecified atom stereocenters. The molecule has 0 saturated heterocycles. The summed E-state index contributed by atoms with van der Waals surface area (Å²) in [6, 6.07) is 0. The smallest absolute Gasteiger partial charge is 0.358 e. The second-order valence-corrected chi connectivity index (χ2v) is 2.76. The molecule has 1 amide bonds. The van der Waals surface area contributed by atoms with Crippen molar-refractivity contribution in [2.24, 2.45) is 5.41 Å². The van der Waals surface area contributed by atoms with Crippen molar-refractivity contribution in [3.05, 3.63) is 14.4 Å². The van der Waals surface area contributed by atoms with Gasteiger partial charge in [0.15, 0.2) is 0 Å². The molecule has 2 N–H and O–H groups in total. The number of carbonyl (C=O) groups excluding carboxylic acids is 1. The average Bonchev–Trinajstić information content (AvgIpc) is 2.07. The average molecular weight is 230 g/mol. The van der Waals surface area contributed by atoms with E-state index in [1.165, 1.54) is 5.48 Å². The van der Waals surface area contributed by atoms with E-state index in [0.29, 0.717) is 5.41 Å². The fraction of sp³-hybridized carbons (Fsp3) is 0.700. The molecule has 0 spiro atoms. The van der Waals surface area contributed by atoms with Crippen LogP contribution < -0.4 is 56.9 Å². The number of hydrogen-bond donors (Lipinski definition) is 2. The molecular formula is C10H25KNO2-. The van der Waals surface area contributed by atoms with Crippen molar-refractivity contribution in [1.82, 2.24) is 5.48 Å². The van der Waals surface area contributed by atoms with Crippen LogP contribution in [0.15, 0.2) is 0 Å². The van der Waals surface area contributed by atoms with Crippen molar-refractivity contribution < 1.29 is 61.4 Å². The summed E-state index contributed by atoms with van der Waals surface area (Å²) in [5.41, 5.74) is 1.54. The molecule has 0 saturated carbocycles. The molecule has 0 rings (SSSR count). The van der Waals surface area contributed by atoms with Gasteiger partial charge in [0.1, 0.15) is 0 Å². The minimum absolute atomic E-state index is 0. The molecule has 0 aliphatic carbocycles. The molecule has 0 fully saturated rings. The van der Waals surface area contributed by atoms with Crippen LogP contribution in [0.5, 0.6) is 0 Å². The molecule has 4 heteroatoms. The Morgan fingerprint density at radius 1 is 1.43 bits per heavy atom. The number of carbonyl (C=O) groups is 1. The first-order valence-corrected chi connectivity index (χ1v) is 4.16. The molecule has 14 heavy (non-hydrogen) atoms. The molecule has 0 radical (unpaired) electrons. The van der Waals surface area contributed by atoms with E-state index in [1.807, 2.05) is 13.8 Å². The Hall–Kier alpha value is 1.07. The maximum Gasteiger partial charge on any atom is 1.00 e. The van der Waals surface area contributed by atoms with Gasteiger partial charge in [-0.05, 0) is 0 Å². The largest absolute Gasteiger partial charge is 1.00 e. The first-order valence-electron chi connectivity index (χ1n) is 4.16. The Morgan fingerprint density at radius 3 is 1.57 bits per heavy atom. The van der Waals surface area contributed by atoms with Gasteiger partial charge in [0, 0.05) is 0 Å². The topological polar surface area (TPSA) is 49.3 Å². The summed E-state index contributed by atoms with van der Waals surface area (Å²) in [6.45, 7) is 14.3. The van der Waals surface area contributed by atoms with Crippen molar-refractivity contribution in [2.75, 3.05) is 0 Å². The van der Waals surface area contributed by atoms with Gasteiger partial charge in [-0.25, -0.2) is 5.48 Å². The summed E-state index contributed by atoms with van der Waals surface area (Å²) in [6.07, 6.45) is 1.34. The van der Waals surface area contributed by atoms with Gasteiger partial charge in [-0.15, -0.1) is 0 Å². The first-order chi connectivity index (χ1) is 5.47. The van der Waals surface area contributed by atoms with Crippen LogP contribution >= 0.6 is 0 Å². The van der Waals surface area contributed by atoms with E-state index in [0.717, 1.165) is 6.42 Å². The molecule has 0 aromatic rings. The van der Waals surface area contributed by atoms with Crippen molar-refractivity contribution in [3.63, 3.8) is 0 Å². The van der Waals surface area contributed by atoms with Crippen LogP contribution in [0.1, 0.15) is 41.0 Å². The number of nitrogens with one attached hydrogen (secondary N) is 1. The van der Waals surface area contributed by atoms with Gasteiger partial charge in [-0.1, -0.05) is 41.0 Å². The van der Waals surface area contributed by atoms with Crippen molar-refractivity contribution in [1.29, 1.82) is 0 Å². The van der Waals surface area contributed by atoms with Crippen molar-refractivity contribution >= 4 is 6.41 Å². The van der Waals surface area contributed by atoms with Crippen LogP contribution in [-0.2, 0) is 4.79 Å². The number of hydroxylamine groups is 1. The summed E-state index contributed by atoms with van der Waals surface area (Å²) >= 11 is 0. The maximum atomic E-state index is 8.81. The first kappa shape index (κ1) is 29.4. The van der Waals surface area contributed by atoms with E-state index < -0.39 is 0 Å². The van der Waals surface area contributed by atoms with E-state index >= 15 is 0 Å². The SMILES string of the molecule is CC.O=CNO.[CH2-]C(C)(C)CC.[CH3-].[K+]. The Bertz CT molecular complexity index is 82.7. The van der Waals surface area contributed by atoms with Gasteiger partial charge in [0.2, 0.25) is 6.41 Å².